The summed E-state index contributed by atoms with van der Waals surface area (Å²) in [6, 6.07) is 0. The van der Waals surface area contributed by atoms with Crippen LogP contribution in [0.3, 0.4) is 0 Å². The van der Waals surface area contributed by atoms with E-state index in [1.807, 2.05) is 13.8 Å². The zero-order valence-electron chi connectivity index (χ0n) is 9.79. The van der Waals surface area contributed by atoms with Crippen LogP contribution in [0.4, 0.5) is 0 Å². The van der Waals surface area contributed by atoms with E-state index in [4.69, 9.17) is 15.2 Å². The molecule has 3 N–H and O–H groups in total. The zero-order chi connectivity index (χ0) is 11.7. The summed E-state index contributed by atoms with van der Waals surface area (Å²) in [4.78, 5) is 11.3. The van der Waals surface area contributed by atoms with Gasteiger partial charge in [-0.3, -0.25) is 4.79 Å². The third kappa shape index (κ3) is 7.30. The molecule has 0 aromatic heterocycles. The van der Waals surface area contributed by atoms with Crippen LogP contribution in [0.5, 0.6) is 0 Å². The Bertz CT molecular complexity index is 170. The number of rotatable bonds is 8. The van der Waals surface area contributed by atoms with Crippen LogP contribution >= 0.6 is 0 Å². The fraction of sp³-hybridized carbons (Fsp3) is 0.900. The maximum absolute atomic E-state index is 11.3. The molecule has 0 aliphatic heterocycles. The third-order valence-electron chi connectivity index (χ3n) is 1.86. The monoisotopic (exact) mass is 218 g/mol. The van der Waals surface area contributed by atoms with Gasteiger partial charge in [0, 0.05) is 26.8 Å². The molecule has 0 rings (SSSR count). The maximum atomic E-state index is 11.3. The number of ether oxygens (including phenoxy) is 2. The van der Waals surface area contributed by atoms with Gasteiger partial charge in [0.2, 0.25) is 5.91 Å². The quantitative estimate of drug-likeness (QED) is 0.558. The van der Waals surface area contributed by atoms with Crippen LogP contribution in [0.15, 0.2) is 0 Å². The van der Waals surface area contributed by atoms with Crippen molar-refractivity contribution in [3.8, 4) is 0 Å². The molecule has 90 valence electrons. The highest BCUT2D eigenvalue weighted by Crippen LogP contribution is 1.90. The lowest BCUT2D eigenvalue weighted by Crippen LogP contribution is -2.41. The van der Waals surface area contributed by atoms with Crippen molar-refractivity contribution < 1.29 is 14.3 Å². The lowest BCUT2D eigenvalue weighted by molar-refractivity contribution is -0.130. The number of amides is 1. The van der Waals surface area contributed by atoms with E-state index >= 15 is 0 Å². The molecule has 0 aromatic rings. The van der Waals surface area contributed by atoms with Gasteiger partial charge in [-0.25, -0.2) is 0 Å². The Balaban J connectivity index is 3.46. The van der Waals surface area contributed by atoms with Crippen molar-refractivity contribution >= 4 is 5.91 Å². The Morgan fingerprint density at radius 2 is 2.13 bits per heavy atom. The van der Waals surface area contributed by atoms with Gasteiger partial charge in [-0.2, -0.15) is 0 Å². The molecule has 0 saturated heterocycles. The van der Waals surface area contributed by atoms with E-state index in [1.165, 1.54) is 7.11 Å². The summed E-state index contributed by atoms with van der Waals surface area (Å²) in [6.45, 7) is 5.40. The standard InChI is InChI=1S/C10H22N2O3/c1-8(2)15-6-4-5-12-10(13)9(7-11)14-3/h8-9H,4-7,11H2,1-3H3,(H,12,13). The number of hydrogen-bond acceptors (Lipinski definition) is 4. The lowest BCUT2D eigenvalue weighted by atomic mass is 10.3. The molecule has 1 atom stereocenters. The van der Waals surface area contributed by atoms with Crippen LogP contribution in [0, 0.1) is 0 Å². The summed E-state index contributed by atoms with van der Waals surface area (Å²) >= 11 is 0. The van der Waals surface area contributed by atoms with E-state index in [0.29, 0.717) is 13.2 Å². The molecule has 0 radical (unpaired) electrons. The van der Waals surface area contributed by atoms with E-state index in [1.54, 1.807) is 0 Å². The van der Waals surface area contributed by atoms with Gasteiger partial charge in [-0.05, 0) is 20.3 Å². The number of nitrogens with one attached hydrogen (secondary N) is 1. The summed E-state index contributed by atoms with van der Waals surface area (Å²) in [5.41, 5.74) is 5.34. The first-order chi connectivity index (χ1) is 7.11. The fourth-order valence-corrected chi connectivity index (χ4v) is 1.03. The molecule has 5 heteroatoms. The predicted octanol–water partition coefficient (Wildman–Crippen LogP) is -0.109. The van der Waals surface area contributed by atoms with Crippen LogP contribution in [0.2, 0.25) is 0 Å². The van der Waals surface area contributed by atoms with E-state index in [0.717, 1.165) is 6.42 Å². The average Bonchev–Trinajstić information content (AvgIpc) is 2.18. The van der Waals surface area contributed by atoms with Crippen molar-refractivity contribution in [2.75, 3.05) is 26.8 Å². The molecule has 0 aliphatic rings. The Labute approximate surface area is 91.3 Å². The van der Waals surface area contributed by atoms with Crippen molar-refractivity contribution in [2.24, 2.45) is 5.73 Å². The third-order valence-corrected chi connectivity index (χ3v) is 1.86. The van der Waals surface area contributed by atoms with Crippen molar-refractivity contribution in [3.05, 3.63) is 0 Å². The highest BCUT2D eigenvalue weighted by atomic mass is 16.5. The second kappa shape index (κ2) is 8.64. The van der Waals surface area contributed by atoms with Crippen molar-refractivity contribution in [3.63, 3.8) is 0 Å². The minimum atomic E-state index is -0.545. The number of carbonyl (C=O) groups is 1. The lowest BCUT2D eigenvalue weighted by Gasteiger charge is -2.13. The molecule has 0 saturated carbocycles. The zero-order valence-corrected chi connectivity index (χ0v) is 9.79. The number of methoxy groups -OCH3 is 1. The van der Waals surface area contributed by atoms with Crippen molar-refractivity contribution in [1.82, 2.24) is 5.32 Å². The Hall–Kier alpha value is -0.650. The smallest absolute Gasteiger partial charge is 0.250 e. The van der Waals surface area contributed by atoms with Crippen LogP contribution in [0.25, 0.3) is 0 Å². The van der Waals surface area contributed by atoms with Gasteiger partial charge in [0.15, 0.2) is 0 Å². The van der Waals surface area contributed by atoms with Crippen molar-refractivity contribution in [2.45, 2.75) is 32.5 Å². The highest BCUT2D eigenvalue weighted by molar-refractivity contribution is 5.80. The van der Waals surface area contributed by atoms with Gasteiger partial charge in [0.25, 0.3) is 0 Å². The van der Waals surface area contributed by atoms with Gasteiger partial charge in [-0.1, -0.05) is 0 Å². The molecule has 0 bridgehead atoms. The van der Waals surface area contributed by atoms with E-state index in [-0.39, 0.29) is 18.6 Å². The molecule has 5 nitrogen and oxygen atoms in total. The summed E-state index contributed by atoms with van der Waals surface area (Å²) in [7, 11) is 1.47. The van der Waals surface area contributed by atoms with E-state index < -0.39 is 6.10 Å². The Morgan fingerprint density at radius 3 is 2.60 bits per heavy atom. The second-order valence-electron chi connectivity index (χ2n) is 3.52. The van der Waals surface area contributed by atoms with Gasteiger partial charge in [0.1, 0.15) is 6.10 Å². The summed E-state index contributed by atoms with van der Waals surface area (Å²) in [6.07, 6.45) is 0.484. The average molecular weight is 218 g/mol. The first-order valence-corrected chi connectivity index (χ1v) is 5.24. The van der Waals surface area contributed by atoms with Gasteiger partial charge in [0.05, 0.1) is 6.10 Å². The molecule has 0 spiro atoms. The van der Waals surface area contributed by atoms with Gasteiger partial charge in [-0.15, -0.1) is 0 Å². The summed E-state index contributed by atoms with van der Waals surface area (Å²) in [5.74, 6) is -0.162. The summed E-state index contributed by atoms with van der Waals surface area (Å²) in [5, 5.41) is 2.73. The minimum Gasteiger partial charge on any atom is -0.379 e. The maximum Gasteiger partial charge on any atom is 0.250 e. The topological polar surface area (TPSA) is 73.6 Å². The molecule has 1 amide bonds. The predicted molar refractivity (Wildman–Crippen MR) is 58.6 cm³/mol. The largest absolute Gasteiger partial charge is 0.379 e. The molecule has 0 heterocycles. The molecular formula is C10H22N2O3. The Morgan fingerprint density at radius 1 is 1.47 bits per heavy atom. The van der Waals surface area contributed by atoms with E-state index in [2.05, 4.69) is 5.32 Å². The van der Waals surface area contributed by atoms with Gasteiger partial charge >= 0.3 is 0 Å². The first-order valence-electron chi connectivity index (χ1n) is 5.24. The molecule has 15 heavy (non-hydrogen) atoms. The van der Waals surface area contributed by atoms with Crippen molar-refractivity contribution in [1.29, 1.82) is 0 Å². The van der Waals surface area contributed by atoms with Gasteiger partial charge < -0.3 is 20.5 Å². The number of nitrogens with two attached hydrogens (primary N) is 1. The van der Waals surface area contributed by atoms with Crippen LogP contribution in [-0.2, 0) is 14.3 Å². The van der Waals surface area contributed by atoms with Crippen LogP contribution in [0.1, 0.15) is 20.3 Å². The van der Waals surface area contributed by atoms with Crippen LogP contribution in [-0.4, -0.2) is 44.9 Å². The number of carbonyl (C=O) groups excluding carboxylic acids is 1. The number of hydrogen-bond donors (Lipinski definition) is 2. The first kappa shape index (κ1) is 14.3. The molecule has 1 unspecified atom stereocenters. The van der Waals surface area contributed by atoms with Crippen LogP contribution < -0.4 is 11.1 Å². The molecular weight excluding hydrogens is 196 g/mol. The SMILES string of the molecule is COC(CN)C(=O)NCCCOC(C)C. The Kier molecular flexibility index (Phi) is 8.27. The summed E-state index contributed by atoms with van der Waals surface area (Å²) < 4.78 is 10.2. The minimum absolute atomic E-state index is 0.162. The molecule has 0 aliphatic carbocycles. The molecule has 0 aromatic carbocycles. The van der Waals surface area contributed by atoms with E-state index in [9.17, 15) is 4.79 Å². The molecule has 0 fully saturated rings. The second-order valence-corrected chi connectivity index (χ2v) is 3.52. The fourth-order valence-electron chi connectivity index (χ4n) is 1.03. The highest BCUT2D eigenvalue weighted by Gasteiger charge is 2.14. The normalized spacial score (nSPS) is 12.9.